The molecule has 0 amide bonds. The first kappa shape index (κ1) is 14.1. The summed E-state index contributed by atoms with van der Waals surface area (Å²) in [5.74, 6) is -0.576. The van der Waals surface area contributed by atoms with Gasteiger partial charge in [0.2, 0.25) is 5.88 Å². The maximum absolute atomic E-state index is 11.9. The molecule has 0 aliphatic rings. The van der Waals surface area contributed by atoms with Crippen LogP contribution >= 0.6 is 0 Å². The van der Waals surface area contributed by atoms with Crippen molar-refractivity contribution in [2.45, 2.75) is 26.4 Å². The first-order valence-electron chi connectivity index (χ1n) is 6.24. The number of rotatable bonds is 3. The Labute approximate surface area is 115 Å². The van der Waals surface area contributed by atoms with Gasteiger partial charge in [-0.15, -0.1) is 0 Å². The Morgan fingerprint density at radius 3 is 2.30 bits per heavy atom. The molecule has 1 aromatic heterocycles. The van der Waals surface area contributed by atoms with Crippen LogP contribution in [0.1, 0.15) is 30.9 Å². The minimum absolute atomic E-state index is 0.107. The van der Waals surface area contributed by atoms with E-state index < -0.39 is 11.2 Å². The van der Waals surface area contributed by atoms with Crippen LogP contribution in [-0.4, -0.2) is 19.8 Å². The van der Waals surface area contributed by atoms with Gasteiger partial charge in [0.15, 0.2) is 0 Å². The molecule has 106 valence electrons. The molecule has 2 aromatic rings. The van der Waals surface area contributed by atoms with Crippen molar-refractivity contribution in [3.63, 3.8) is 0 Å². The van der Waals surface area contributed by atoms with Gasteiger partial charge in [-0.2, -0.15) is 0 Å². The van der Waals surface area contributed by atoms with Gasteiger partial charge in [-0.25, -0.2) is 9.36 Å². The molecule has 0 fully saturated rings. The highest BCUT2D eigenvalue weighted by atomic mass is 16.3. The molecule has 0 bridgehead atoms. The Balaban J connectivity index is 2.70. The molecule has 20 heavy (non-hydrogen) atoms. The third-order valence-electron chi connectivity index (χ3n) is 3.08. The molecular formula is C14H16N2O4. The van der Waals surface area contributed by atoms with Crippen LogP contribution in [-0.2, 0) is 6.61 Å². The lowest BCUT2D eigenvalue weighted by atomic mass is 10.1. The van der Waals surface area contributed by atoms with Crippen molar-refractivity contribution in [1.82, 2.24) is 9.55 Å². The predicted octanol–water partition coefficient (Wildman–Crippen LogP) is 0.847. The summed E-state index contributed by atoms with van der Waals surface area (Å²) in [5.41, 5.74) is -0.00661. The number of aliphatic hydroxyl groups is 1. The zero-order valence-corrected chi connectivity index (χ0v) is 11.3. The lowest BCUT2D eigenvalue weighted by molar-refractivity contribution is 0.282. The zero-order chi connectivity index (χ0) is 14.9. The first-order chi connectivity index (χ1) is 9.45. The fourth-order valence-corrected chi connectivity index (χ4v) is 2.05. The summed E-state index contributed by atoms with van der Waals surface area (Å²) in [4.78, 5) is 25.8. The Morgan fingerprint density at radius 1 is 1.20 bits per heavy atom. The van der Waals surface area contributed by atoms with Crippen LogP contribution in [0.15, 0.2) is 33.9 Å². The molecule has 0 aliphatic carbocycles. The molecule has 1 aromatic carbocycles. The highest BCUT2D eigenvalue weighted by Crippen LogP contribution is 2.22. The smallest absolute Gasteiger partial charge is 0.335 e. The summed E-state index contributed by atoms with van der Waals surface area (Å²) in [6, 6.07) is 6.47. The van der Waals surface area contributed by atoms with Gasteiger partial charge in [0.05, 0.1) is 17.9 Å². The molecule has 6 heteroatoms. The maximum atomic E-state index is 11.9. The Hall–Kier alpha value is -2.34. The predicted molar refractivity (Wildman–Crippen MR) is 74.3 cm³/mol. The zero-order valence-electron chi connectivity index (χ0n) is 11.3. The quantitative estimate of drug-likeness (QED) is 0.774. The molecule has 0 saturated heterocycles. The lowest BCUT2D eigenvalue weighted by Gasteiger charge is -2.13. The highest BCUT2D eigenvalue weighted by molar-refractivity contribution is 5.40. The van der Waals surface area contributed by atoms with Crippen LogP contribution in [0.2, 0.25) is 0 Å². The Morgan fingerprint density at radius 2 is 1.80 bits per heavy atom. The number of H-pyrrole nitrogens is 1. The molecule has 2 rings (SSSR count). The summed E-state index contributed by atoms with van der Waals surface area (Å²) in [6.45, 7) is 3.41. The van der Waals surface area contributed by atoms with E-state index in [0.717, 1.165) is 4.57 Å². The summed E-state index contributed by atoms with van der Waals surface area (Å²) < 4.78 is 1.04. The van der Waals surface area contributed by atoms with Gasteiger partial charge in [0.1, 0.15) is 0 Å². The fraction of sp³-hybridized carbons (Fsp3) is 0.286. The van der Waals surface area contributed by atoms with E-state index in [4.69, 9.17) is 5.11 Å². The van der Waals surface area contributed by atoms with E-state index in [9.17, 15) is 14.7 Å². The second kappa shape index (κ2) is 5.34. The number of aromatic nitrogens is 2. The number of hydrogen-bond acceptors (Lipinski definition) is 4. The third kappa shape index (κ3) is 2.37. The Kier molecular flexibility index (Phi) is 3.76. The minimum Gasteiger partial charge on any atom is -0.494 e. The van der Waals surface area contributed by atoms with Crippen LogP contribution in [0.3, 0.4) is 0 Å². The Bertz CT molecular complexity index is 726. The van der Waals surface area contributed by atoms with Crippen molar-refractivity contribution in [3.8, 4) is 11.6 Å². The van der Waals surface area contributed by atoms with Crippen molar-refractivity contribution in [3.05, 3.63) is 56.2 Å². The molecule has 0 atom stereocenters. The van der Waals surface area contributed by atoms with E-state index in [2.05, 4.69) is 4.98 Å². The summed E-state index contributed by atoms with van der Waals surface area (Å²) in [6.07, 6.45) is 0. The van der Waals surface area contributed by atoms with Gasteiger partial charge in [-0.1, -0.05) is 26.0 Å². The van der Waals surface area contributed by atoms with Crippen molar-refractivity contribution < 1.29 is 10.2 Å². The SMILES string of the molecule is CC(C)c1c(O)n(-c2ccc(CO)cc2)c(=O)[nH]c1=O. The molecule has 0 unspecified atom stereocenters. The standard InChI is InChI=1S/C14H16N2O4/c1-8(2)11-12(18)15-14(20)16(13(11)19)10-5-3-9(7-17)4-6-10/h3-6,8,17,19H,7H2,1-2H3,(H,15,18,20). The van der Waals surface area contributed by atoms with E-state index in [0.29, 0.717) is 11.3 Å². The normalized spacial score (nSPS) is 11.0. The van der Waals surface area contributed by atoms with Crippen LogP contribution in [0, 0.1) is 0 Å². The summed E-state index contributed by atoms with van der Waals surface area (Å²) in [5, 5.41) is 19.2. The van der Waals surface area contributed by atoms with E-state index in [1.165, 1.54) is 0 Å². The van der Waals surface area contributed by atoms with Gasteiger partial charge in [0.25, 0.3) is 5.56 Å². The van der Waals surface area contributed by atoms with Gasteiger partial charge < -0.3 is 10.2 Å². The van der Waals surface area contributed by atoms with Crippen LogP contribution < -0.4 is 11.2 Å². The molecule has 6 nitrogen and oxygen atoms in total. The van der Waals surface area contributed by atoms with Gasteiger partial charge in [-0.3, -0.25) is 9.78 Å². The average molecular weight is 276 g/mol. The molecule has 0 radical (unpaired) electrons. The molecule has 1 heterocycles. The summed E-state index contributed by atoms with van der Waals surface area (Å²) in [7, 11) is 0. The van der Waals surface area contributed by atoms with Gasteiger partial charge in [0, 0.05) is 0 Å². The van der Waals surface area contributed by atoms with E-state index in [1.54, 1.807) is 38.1 Å². The fourth-order valence-electron chi connectivity index (χ4n) is 2.05. The number of aliphatic hydroxyl groups excluding tert-OH is 1. The third-order valence-corrected chi connectivity index (χ3v) is 3.08. The van der Waals surface area contributed by atoms with Crippen LogP contribution in [0.5, 0.6) is 5.88 Å². The van der Waals surface area contributed by atoms with Crippen molar-refractivity contribution >= 4 is 0 Å². The number of nitrogens with one attached hydrogen (secondary N) is 1. The second-order valence-electron chi connectivity index (χ2n) is 4.81. The largest absolute Gasteiger partial charge is 0.494 e. The van der Waals surface area contributed by atoms with Crippen molar-refractivity contribution in [2.75, 3.05) is 0 Å². The highest BCUT2D eigenvalue weighted by Gasteiger charge is 2.17. The molecule has 0 aliphatic heterocycles. The van der Waals surface area contributed by atoms with Gasteiger partial charge >= 0.3 is 5.69 Å². The summed E-state index contributed by atoms with van der Waals surface area (Å²) >= 11 is 0. The monoisotopic (exact) mass is 276 g/mol. The van der Waals surface area contributed by atoms with Gasteiger partial charge in [-0.05, 0) is 23.6 Å². The average Bonchev–Trinajstić information content (AvgIpc) is 2.38. The topological polar surface area (TPSA) is 95.3 Å². The van der Waals surface area contributed by atoms with Crippen molar-refractivity contribution in [2.24, 2.45) is 0 Å². The lowest BCUT2D eigenvalue weighted by Crippen LogP contribution is -2.31. The van der Waals surface area contributed by atoms with Crippen LogP contribution in [0.4, 0.5) is 0 Å². The van der Waals surface area contributed by atoms with Crippen molar-refractivity contribution in [1.29, 1.82) is 0 Å². The maximum Gasteiger partial charge on any atom is 0.335 e. The molecule has 0 spiro atoms. The molecule has 3 N–H and O–H groups in total. The van der Waals surface area contributed by atoms with E-state index in [-0.39, 0.29) is 24.0 Å². The number of benzene rings is 1. The van der Waals surface area contributed by atoms with E-state index >= 15 is 0 Å². The number of aromatic hydroxyl groups is 1. The van der Waals surface area contributed by atoms with Crippen LogP contribution in [0.25, 0.3) is 5.69 Å². The molecule has 0 saturated carbocycles. The second-order valence-corrected chi connectivity index (χ2v) is 4.81. The van der Waals surface area contributed by atoms with E-state index in [1.807, 2.05) is 0 Å². The number of nitrogens with zero attached hydrogens (tertiary/aromatic N) is 1. The molecular weight excluding hydrogens is 260 g/mol. The number of hydrogen-bond donors (Lipinski definition) is 3. The minimum atomic E-state index is -0.700. The first-order valence-corrected chi connectivity index (χ1v) is 6.24. The number of aromatic amines is 1.